The van der Waals surface area contributed by atoms with Gasteiger partial charge in [-0.05, 0) is 30.7 Å². The summed E-state index contributed by atoms with van der Waals surface area (Å²) in [6, 6.07) is 3.15. The molecule has 3 N–H and O–H groups in total. The zero-order valence-electron chi connectivity index (χ0n) is 11.0. The average Bonchev–Trinajstić information content (AvgIpc) is 2.38. The lowest BCUT2D eigenvalue weighted by atomic mass is 10.0. The molecule has 1 unspecified atom stereocenters. The summed E-state index contributed by atoms with van der Waals surface area (Å²) in [7, 11) is 0. The predicted octanol–water partition coefficient (Wildman–Crippen LogP) is 2.99. The summed E-state index contributed by atoms with van der Waals surface area (Å²) in [4.78, 5) is 0. The lowest BCUT2D eigenvalue weighted by Crippen LogP contribution is -2.32. The van der Waals surface area contributed by atoms with Crippen molar-refractivity contribution in [1.82, 2.24) is 5.32 Å². The van der Waals surface area contributed by atoms with Crippen molar-refractivity contribution in [1.29, 1.82) is 0 Å². The Hall–Kier alpha value is -1.00. The van der Waals surface area contributed by atoms with Gasteiger partial charge in [-0.25, -0.2) is 8.78 Å². The Morgan fingerprint density at radius 3 is 2.44 bits per heavy atom. The highest BCUT2D eigenvalue weighted by Gasteiger charge is 2.16. The first-order valence-electron chi connectivity index (χ1n) is 6.50. The second-order valence-electron chi connectivity index (χ2n) is 4.54. The van der Waals surface area contributed by atoms with Crippen LogP contribution in [0.25, 0.3) is 0 Å². The fraction of sp³-hybridized carbons (Fsp3) is 0.571. The highest BCUT2D eigenvalue weighted by Crippen LogP contribution is 2.18. The molecule has 0 saturated heterocycles. The van der Waals surface area contributed by atoms with Crippen LogP contribution in [0.2, 0.25) is 0 Å². The molecule has 1 aromatic rings. The van der Waals surface area contributed by atoms with Crippen LogP contribution in [0, 0.1) is 17.6 Å². The molecule has 0 fully saturated rings. The van der Waals surface area contributed by atoms with Gasteiger partial charge in [0.25, 0.3) is 0 Å². The lowest BCUT2D eigenvalue weighted by Gasteiger charge is -2.21. The van der Waals surface area contributed by atoms with Gasteiger partial charge in [-0.1, -0.05) is 26.7 Å². The maximum absolute atomic E-state index is 13.6. The molecule has 0 bridgehead atoms. The minimum absolute atomic E-state index is 0.251. The van der Waals surface area contributed by atoms with Crippen molar-refractivity contribution in [3.05, 3.63) is 35.4 Å². The molecule has 0 aliphatic carbocycles. The van der Waals surface area contributed by atoms with E-state index in [-0.39, 0.29) is 12.6 Å². The van der Waals surface area contributed by atoms with E-state index in [0.29, 0.717) is 11.5 Å². The average molecular weight is 256 g/mol. The van der Waals surface area contributed by atoms with E-state index in [4.69, 9.17) is 5.73 Å². The SMILES string of the molecule is CCC(CC)CNC(CN)c1cc(F)ccc1F. The maximum atomic E-state index is 13.6. The summed E-state index contributed by atoms with van der Waals surface area (Å²) in [6.07, 6.45) is 2.12. The molecule has 0 aliphatic heterocycles. The third kappa shape index (κ3) is 4.03. The van der Waals surface area contributed by atoms with Crippen LogP contribution in [0.4, 0.5) is 8.78 Å². The molecule has 0 aliphatic rings. The highest BCUT2D eigenvalue weighted by molar-refractivity contribution is 5.22. The largest absolute Gasteiger partial charge is 0.329 e. The smallest absolute Gasteiger partial charge is 0.128 e. The molecule has 102 valence electrons. The summed E-state index contributed by atoms with van der Waals surface area (Å²) in [5.74, 6) is -0.311. The molecule has 0 heterocycles. The van der Waals surface area contributed by atoms with Gasteiger partial charge in [0.15, 0.2) is 0 Å². The van der Waals surface area contributed by atoms with Crippen LogP contribution >= 0.6 is 0 Å². The van der Waals surface area contributed by atoms with E-state index in [1.165, 1.54) is 6.07 Å². The molecule has 0 radical (unpaired) electrons. The molecule has 4 heteroatoms. The van der Waals surface area contributed by atoms with Gasteiger partial charge in [-0.3, -0.25) is 0 Å². The summed E-state index contributed by atoms with van der Waals surface area (Å²) < 4.78 is 26.8. The zero-order valence-corrected chi connectivity index (χ0v) is 11.0. The van der Waals surface area contributed by atoms with Gasteiger partial charge in [0, 0.05) is 18.2 Å². The molecular formula is C14H22F2N2. The van der Waals surface area contributed by atoms with Crippen molar-refractivity contribution in [2.24, 2.45) is 11.7 Å². The first kappa shape index (κ1) is 15.1. The van der Waals surface area contributed by atoms with E-state index in [2.05, 4.69) is 19.2 Å². The summed E-state index contributed by atoms with van der Waals surface area (Å²) in [6.45, 7) is 5.26. The van der Waals surface area contributed by atoms with E-state index in [1.807, 2.05) is 0 Å². The normalized spacial score (nSPS) is 13.0. The summed E-state index contributed by atoms with van der Waals surface area (Å²) in [5.41, 5.74) is 5.95. The van der Waals surface area contributed by atoms with Gasteiger partial charge < -0.3 is 11.1 Å². The molecule has 1 atom stereocenters. The van der Waals surface area contributed by atoms with E-state index in [0.717, 1.165) is 31.5 Å². The Bertz CT molecular complexity index is 365. The Labute approximate surface area is 108 Å². The third-order valence-corrected chi connectivity index (χ3v) is 3.38. The molecular weight excluding hydrogens is 234 g/mol. The minimum Gasteiger partial charge on any atom is -0.329 e. The van der Waals surface area contributed by atoms with Crippen molar-refractivity contribution in [2.45, 2.75) is 32.7 Å². The minimum atomic E-state index is -0.436. The fourth-order valence-corrected chi connectivity index (χ4v) is 1.99. The molecule has 0 spiro atoms. The van der Waals surface area contributed by atoms with Crippen molar-refractivity contribution < 1.29 is 8.78 Å². The Morgan fingerprint density at radius 2 is 1.89 bits per heavy atom. The highest BCUT2D eigenvalue weighted by atomic mass is 19.1. The van der Waals surface area contributed by atoms with Gasteiger partial charge in [-0.15, -0.1) is 0 Å². The molecule has 0 aromatic heterocycles. The summed E-state index contributed by atoms with van der Waals surface area (Å²) >= 11 is 0. The quantitative estimate of drug-likeness (QED) is 0.787. The monoisotopic (exact) mass is 256 g/mol. The number of halogens is 2. The zero-order chi connectivity index (χ0) is 13.5. The van der Waals surface area contributed by atoms with E-state index < -0.39 is 11.6 Å². The van der Waals surface area contributed by atoms with Gasteiger partial charge in [0.1, 0.15) is 11.6 Å². The van der Waals surface area contributed by atoms with Crippen molar-refractivity contribution in [3.63, 3.8) is 0 Å². The molecule has 1 rings (SSSR count). The number of nitrogens with two attached hydrogens (primary N) is 1. The number of nitrogens with one attached hydrogen (secondary N) is 1. The number of benzene rings is 1. The third-order valence-electron chi connectivity index (χ3n) is 3.38. The molecule has 1 aromatic carbocycles. The number of hydrogen-bond acceptors (Lipinski definition) is 2. The summed E-state index contributed by atoms with van der Waals surface area (Å²) in [5, 5.41) is 3.22. The van der Waals surface area contributed by atoms with E-state index in [1.54, 1.807) is 0 Å². The first-order valence-corrected chi connectivity index (χ1v) is 6.50. The van der Waals surface area contributed by atoms with Crippen LogP contribution in [0.5, 0.6) is 0 Å². The van der Waals surface area contributed by atoms with Gasteiger partial charge >= 0.3 is 0 Å². The molecule has 18 heavy (non-hydrogen) atoms. The van der Waals surface area contributed by atoms with Crippen molar-refractivity contribution in [2.75, 3.05) is 13.1 Å². The lowest BCUT2D eigenvalue weighted by molar-refractivity contribution is 0.406. The van der Waals surface area contributed by atoms with Crippen molar-refractivity contribution >= 4 is 0 Å². The predicted molar refractivity (Wildman–Crippen MR) is 70.2 cm³/mol. The number of rotatable bonds is 7. The fourth-order valence-electron chi connectivity index (χ4n) is 1.99. The van der Waals surface area contributed by atoms with Gasteiger partial charge in [0.05, 0.1) is 0 Å². The molecule has 0 amide bonds. The van der Waals surface area contributed by atoms with Gasteiger partial charge in [-0.2, -0.15) is 0 Å². The first-order chi connectivity index (χ1) is 8.62. The second kappa shape index (κ2) is 7.44. The Morgan fingerprint density at radius 1 is 1.22 bits per heavy atom. The van der Waals surface area contributed by atoms with E-state index in [9.17, 15) is 8.78 Å². The second-order valence-corrected chi connectivity index (χ2v) is 4.54. The van der Waals surface area contributed by atoms with Crippen molar-refractivity contribution in [3.8, 4) is 0 Å². The maximum Gasteiger partial charge on any atom is 0.128 e. The standard InChI is InChI=1S/C14H22F2N2/c1-3-10(4-2)9-18-14(8-17)12-7-11(15)5-6-13(12)16/h5-7,10,14,18H,3-4,8-9,17H2,1-2H3. The van der Waals surface area contributed by atoms with E-state index >= 15 is 0 Å². The topological polar surface area (TPSA) is 38.0 Å². The molecule has 0 saturated carbocycles. The Kier molecular flexibility index (Phi) is 6.22. The van der Waals surface area contributed by atoms with Crippen LogP contribution in [-0.4, -0.2) is 13.1 Å². The van der Waals surface area contributed by atoms with Gasteiger partial charge in [0.2, 0.25) is 0 Å². The van der Waals surface area contributed by atoms with Crippen LogP contribution in [-0.2, 0) is 0 Å². The van der Waals surface area contributed by atoms with Crippen LogP contribution in [0.15, 0.2) is 18.2 Å². The van der Waals surface area contributed by atoms with Crippen LogP contribution < -0.4 is 11.1 Å². The van der Waals surface area contributed by atoms with Crippen LogP contribution in [0.3, 0.4) is 0 Å². The Balaban J connectivity index is 2.73. The number of hydrogen-bond donors (Lipinski definition) is 2. The van der Waals surface area contributed by atoms with Crippen LogP contribution in [0.1, 0.15) is 38.3 Å². The molecule has 2 nitrogen and oxygen atoms in total.